The summed E-state index contributed by atoms with van der Waals surface area (Å²) in [6, 6.07) is 26.8. The molecule has 0 spiro atoms. The molecule has 0 saturated heterocycles. The number of anilines is 2. The Morgan fingerprint density at radius 1 is 0.583 bits per heavy atom. The number of hydrogen-bond donors (Lipinski definition) is 2. The highest BCUT2D eigenvalue weighted by molar-refractivity contribution is 8.00. The van der Waals surface area contributed by atoms with Crippen molar-refractivity contribution in [3.05, 3.63) is 97.3 Å². The lowest BCUT2D eigenvalue weighted by atomic mass is 10.2. The first-order valence-corrected chi connectivity index (χ1v) is 13.3. The van der Waals surface area contributed by atoms with E-state index in [1.165, 1.54) is 23.5 Å². The molecule has 0 aliphatic carbocycles. The van der Waals surface area contributed by atoms with Crippen LogP contribution < -0.4 is 10.6 Å². The van der Waals surface area contributed by atoms with Crippen LogP contribution in [0.1, 0.15) is 0 Å². The van der Waals surface area contributed by atoms with Crippen LogP contribution in [0.2, 0.25) is 0 Å². The topological polar surface area (TPSA) is 84.0 Å². The van der Waals surface area contributed by atoms with Crippen molar-refractivity contribution in [3.63, 3.8) is 0 Å². The molecule has 5 rings (SSSR count). The van der Waals surface area contributed by atoms with Crippen LogP contribution in [-0.2, 0) is 9.59 Å². The first kappa shape index (κ1) is 23.8. The summed E-state index contributed by atoms with van der Waals surface area (Å²) in [6.45, 7) is 0. The SMILES string of the molecule is O=C(CSc1cccc2cccnc12)Nc1ccccc1NC(=O)CSc1cccc2cccnc12. The Labute approximate surface area is 216 Å². The molecule has 2 amide bonds. The minimum absolute atomic E-state index is 0.161. The van der Waals surface area contributed by atoms with Gasteiger partial charge in [0.2, 0.25) is 11.8 Å². The molecule has 0 unspecified atom stereocenters. The van der Waals surface area contributed by atoms with E-state index in [9.17, 15) is 9.59 Å². The van der Waals surface area contributed by atoms with Crippen LogP contribution in [0.5, 0.6) is 0 Å². The predicted molar refractivity (Wildman–Crippen MR) is 149 cm³/mol. The van der Waals surface area contributed by atoms with Crippen LogP contribution in [0.15, 0.2) is 107 Å². The third-order valence-electron chi connectivity index (χ3n) is 5.38. The van der Waals surface area contributed by atoms with E-state index in [2.05, 4.69) is 20.6 Å². The van der Waals surface area contributed by atoms with Gasteiger partial charge in [0.15, 0.2) is 0 Å². The second kappa shape index (κ2) is 11.2. The highest BCUT2D eigenvalue weighted by Crippen LogP contribution is 2.28. The molecule has 0 saturated carbocycles. The van der Waals surface area contributed by atoms with Gasteiger partial charge in [-0.2, -0.15) is 0 Å². The number of amides is 2. The molecule has 2 heterocycles. The van der Waals surface area contributed by atoms with Crippen molar-refractivity contribution in [1.82, 2.24) is 9.97 Å². The Morgan fingerprint density at radius 3 is 1.50 bits per heavy atom. The summed E-state index contributed by atoms with van der Waals surface area (Å²) in [5, 5.41) is 7.91. The smallest absolute Gasteiger partial charge is 0.234 e. The largest absolute Gasteiger partial charge is 0.324 e. The number of para-hydroxylation sites is 4. The van der Waals surface area contributed by atoms with E-state index in [4.69, 9.17) is 0 Å². The number of nitrogens with one attached hydrogen (secondary N) is 2. The minimum Gasteiger partial charge on any atom is -0.324 e. The zero-order valence-electron chi connectivity index (χ0n) is 19.2. The molecular formula is C28H22N4O2S2. The van der Waals surface area contributed by atoms with Gasteiger partial charge < -0.3 is 10.6 Å². The first-order chi connectivity index (χ1) is 17.7. The number of pyridine rings is 2. The number of aromatic nitrogens is 2. The van der Waals surface area contributed by atoms with Gasteiger partial charge in [0.05, 0.1) is 33.9 Å². The zero-order chi connectivity index (χ0) is 24.7. The van der Waals surface area contributed by atoms with Gasteiger partial charge in [-0.25, -0.2) is 0 Å². The van der Waals surface area contributed by atoms with Gasteiger partial charge in [0.1, 0.15) is 0 Å². The Morgan fingerprint density at radius 2 is 1.03 bits per heavy atom. The second-order valence-electron chi connectivity index (χ2n) is 7.88. The molecule has 0 radical (unpaired) electrons. The number of rotatable bonds is 8. The highest BCUT2D eigenvalue weighted by Gasteiger charge is 2.12. The van der Waals surface area contributed by atoms with Crippen molar-refractivity contribution in [2.24, 2.45) is 0 Å². The van der Waals surface area contributed by atoms with E-state index in [1.54, 1.807) is 24.5 Å². The van der Waals surface area contributed by atoms with Crippen LogP contribution in [0.4, 0.5) is 11.4 Å². The van der Waals surface area contributed by atoms with Crippen molar-refractivity contribution in [1.29, 1.82) is 0 Å². The quantitative estimate of drug-likeness (QED) is 0.240. The van der Waals surface area contributed by atoms with Crippen LogP contribution in [-0.4, -0.2) is 33.3 Å². The normalized spacial score (nSPS) is 10.9. The van der Waals surface area contributed by atoms with E-state index in [0.29, 0.717) is 11.4 Å². The third-order valence-corrected chi connectivity index (χ3v) is 7.48. The number of benzene rings is 3. The maximum Gasteiger partial charge on any atom is 0.234 e. The molecule has 0 aliphatic heterocycles. The molecule has 3 aromatic carbocycles. The second-order valence-corrected chi connectivity index (χ2v) is 9.92. The third kappa shape index (κ3) is 5.67. The maximum absolute atomic E-state index is 12.7. The van der Waals surface area contributed by atoms with Crippen LogP contribution in [0.25, 0.3) is 21.8 Å². The maximum atomic E-state index is 12.7. The lowest BCUT2D eigenvalue weighted by Gasteiger charge is -2.13. The Kier molecular flexibility index (Phi) is 7.44. The molecule has 5 aromatic rings. The summed E-state index contributed by atoms with van der Waals surface area (Å²) in [6.07, 6.45) is 3.50. The summed E-state index contributed by atoms with van der Waals surface area (Å²) in [5.41, 5.74) is 2.88. The molecule has 0 atom stereocenters. The fourth-order valence-corrected chi connectivity index (χ4v) is 5.43. The molecule has 0 fully saturated rings. The Hall–Kier alpha value is -3.88. The van der Waals surface area contributed by atoms with Crippen molar-refractivity contribution in [2.45, 2.75) is 9.79 Å². The predicted octanol–water partition coefficient (Wildman–Crippen LogP) is 6.24. The van der Waals surface area contributed by atoms with E-state index in [0.717, 1.165) is 31.6 Å². The van der Waals surface area contributed by atoms with Gasteiger partial charge in [-0.15, -0.1) is 23.5 Å². The molecule has 36 heavy (non-hydrogen) atoms. The van der Waals surface area contributed by atoms with Gasteiger partial charge in [-0.3, -0.25) is 19.6 Å². The summed E-state index contributed by atoms with van der Waals surface area (Å²) in [7, 11) is 0. The average Bonchev–Trinajstić information content (AvgIpc) is 2.92. The van der Waals surface area contributed by atoms with E-state index >= 15 is 0 Å². The molecule has 0 aliphatic rings. The van der Waals surface area contributed by atoms with Crippen LogP contribution in [0, 0.1) is 0 Å². The molecule has 178 valence electrons. The monoisotopic (exact) mass is 510 g/mol. The van der Waals surface area contributed by atoms with Gasteiger partial charge in [0.25, 0.3) is 0 Å². The number of nitrogens with zero attached hydrogens (tertiary/aromatic N) is 2. The zero-order valence-corrected chi connectivity index (χ0v) is 20.8. The van der Waals surface area contributed by atoms with Crippen molar-refractivity contribution in [3.8, 4) is 0 Å². The lowest BCUT2D eigenvalue weighted by Crippen LogP contribution is -2.18. The number of fused-ring (bicyclic) bond motifs is 2. The number of carbonyl (C=O) groups is 2. The lowest BCUT2D eigenvalue weighted by molar-refractivity contribution is -0.114. The Bertz CT molecular complexity index is 1430. The molecular weight excluding hydrogens is 488 g/mol. The summed E-state index contributed by atoms with van der Waals surface area (Å²) < 4.78 is 0. The fraction of sp³-hybridized carbons (Fsp3) is 0.0714. The van der Waals surface area contributed by atoms with Crippen molar-refractivity contribution < 1.29 is 9.59 Å². The molecule has 8 heteroatoms. The van der Waals surface area contributed by atoms with Gasteiger partial charge in [0, 0.05) is 33.0 Å². The molecule has 6 nitrogen and oxygen atoms in total. The number of carbonyl (C=O) groups excluding carboxylic acids is 2. The Balaban J connectivity index is 1.20. The summed E-state index contributed by atoms with van der Waals surface area (Å²) in [5.74, 6) is 0.126. The minimum atomic E-state index is -0.161. The number of hydrogen-bond acceptors (Lipinski definition) is 6. The average molecular weight is 511 g/mol. The van der Waals surface area contributed by atoms with E-state index < -0.39 is 0 Å². The summed E-state index contributed by atoms with van der Waals surface area (Å²) >= 11 is 2.86. The van der Waals surface area contributed by atoms with Gasteiger partial charge in [-0.1, -0.05) is 48.5 Å². The molecule has 2 N–H and O–H groups in total. The van der Waals surface area contributed by atoms with E-state index in [-0.39, 0.29) is 23.3 Å². The fourth-order valence-electron chi connectivity index (χ4n) is 3.75. The van der Waals surface area contributed by atoms with Crippen LogP contribution in [0.3, 0.4) is 0 Å². The first-order valence-electron chi connectivity index (χ1n) is 11.3. The number of thioether (sulfide) groups is 2. The van der Waals surface area contributed by atoms with Gasteiger partial charge >= 0.3 is 0 Å². The van der Waals surface area contributed by atoms with Crippen LogP contribution >= 0.6 is 23.5 Å². The van der Waals surface area contributed by atoms with Crippen molar-refractivity contribution >= 4 is 68.5 Å². The standard InChI is InChI=1S/C28H22N4O2S2/c33-25(17-35-23-13-3-7-19-9-5-15-29-27(19)23)31-21-11-1-2-12-22(21)32-26(34)18-36-24-14-4-8-20-10-6-16-30-28(20)24/h1-16H,17-18H2,(H,31,33)(H,32,34). The van der Waals surface area contributed by atoms with E-state index in [1.807, 2.05) is 72.8 Å². The molecule has 0 bridgehead atoms. The summed E-state index contributed by atoms with van der Waals surface area (Å²) in [4.78, 5) is 36.2. The van der Waals surface area contributed by atoms with Gasteiger partial charge in [-0.05, 0) is 36.4 Å². The molecule has 2 aromatic heterocycles. The highest BCUT2D eigenvalue weighted by atomic mass is 32.2. The van der Waals surface area contributed by atoms with Crippen molar-refractivity contribution in [2.75, 3.05) is 22.1 Å².